The first kappa shape index (κ1) is 25.6. The molecule has 0 heterocycles. The Morgan fingerprint density at radius 3 is 2.56 bits per heavy atom. The number of ether oxygens (including phenoxy) is 2. The van der Waals surface area contributed by atoms with Crippen LogP contribution in [0.25, 0.3) is 0 Å². The first-order chi connectivity index (χ1) is 17.3. The Kier molecular flexibility index (Phi) is 7.84. The van der Waals surface area contributed by atoms with Gasteiger partial charge in [-0.25, -0.2) is 8.42 Å². The fraction of sp³-hybridized carbons (Fsp3) is 0.321. The maximum absolute atomic E-state index is 13.9. The van der Waals surface area contributed by atoms with Gasteiger partial charge in [-0.15, -0.1) is 0 Å². The van der Waals surface area contributed by atoms with Crippen LogP contribution in [-0.4, -0.2) is 34.6 Å². The van der Waals surface area contributed by atoms with Gasteiger partial charge in [-0.3, -0.25) is 9.10 Å². The number of carbonyl (C=O) groups excluding carboxylic acids is 1. The van der Waals surface area contributed by atoms with Gasteiger partial charge in [-0.1, -0.05) is 30.3 Å². The van der Waals surface area contributed by atoms with E-state index in [1.165, 1.54) is 12.7 Å². The molecule has 1 unspecified atom stereocenters. The summed E-state index contributed by atoms with van der Waals surface area (Å²) in [6.45, 7) is 3.81. The summed E-state index contributed by atoms with van der Waals surface area (Å²) < 4.78 is 39.9. The highest BCUT2D eigenvalue weighted by Crippen LogP contribution is 2.33. The number of benzene rings is 3. The van der Waals surface area contributed by atoms with Gasteiger partial charge in [-0.05, 0) is 86.2 Å². The third-order valence-corrected chi connectivity index (χ3v) is 8.11. The summed E-state index contributed by atoms with van der Waals surface area (Å²) >= 11 is 0. The minimum atomic E-state index is -4.13. The van der Waals surface area contributed by atoms with E-state index in [9.17, 15) is 13.2 Å². The monoisotopic (exact) mass is 508 g/mol. The van der Waals surface area contributed by atoms with Gasteiger partial charge >= 0.3 is 0 Å². The Labute approximate surface area is 213 Å². The van der Waals surface area contributed by atoms with E-state index in [0.717, 1.165) is 34.7 Å². The van der Waals surface area contributed by atoms with Crippen molar-refractivity contribution in [2.24, 2.45) is 0 Å². The summed E-state index contributed by atoms with van der Waals surface area (Å²) in [5.74, 6) is 0.467. The van der Waals surface area contributed by atoms with Gasteiger partial charge in [0.15, 0.2) is 0 Å². The highest BCUT2D eigenvalue weighted by atomic mass is 32.2. The average molecular weight is 509 g/mol. The number of fused-ring (bicyclic) bond motifs is 1. The summed E-state index contributed by atoms with van der Waals surface area (Å²) in [5, 5.41) is 3.07. The molecule has 3 aromatic carbocycles. The summed E-state index contributed by atoms with van der Waals surface area (Å²) in [6.07, 6.45) is 2.75. The van der Waals surface area contributed by atoms with Crippen LogP contribution in [0.3, 0.4) is 0 Å². The summed E-state index contributed by atoms with van der Waals surface area (Å²) in [6, 6.07) is 19.6. The van der Waals surface area contributed by atoms with Crippen molar-refractivity contribution < 1.29 is 22.7 Å². The lowest BCUT2D eigenvalue weighted by Gasteiger charge is -2.29. The van der Waals surface area contributed by atoms with Gasteiger partial charge < -0.3 is 14.8 Å². The second-order valence-corrected chi connectivity index (χ2v) is 10.6. The first-order valence-corrected chi connectivity index (χ1v) is 13.5. The lowest BCUT2D eigenvalue weighted by Crippen LogP contribution is -2.42. The van der Waals surface area contributed by atoms with E-state index in [4.69, 9.17) is 9.47 Å². The predicted octanol–water partition coefficient (Wildman–Crippen LogP) is 4.79. The molecule has 0 spiro atoms. The van der Waals surface area contributed by atoms with Crippen molar-refractivity contribution in [3.05, 3.63) is 83.4 Å². The molecule has 4 rings (SSSR count). The number of hydrogen-bond acceptors (Lipinski definition) is 5. The molecule has 8 heteroatoms. The molecule has 7 nitrogen and oxygen atoms in total. The van der Waals surface area contributed by atoms with Gasteiger partial charge in [0.25, 0.3) is 10.0 Å². The molecule has 1 atom stereocenters. The van der Waals surface area contributed by atoms with Crippen LogP contribution in [0.2, 0.25) is 0 Å². The van der Waals surface area contributed by atoms with Crippen molar-refractivity contribution in [1.82, 2.24) is 5.32 Å². The molecule has 1 N–H and O–H groups in total. The molecule has 1 aliphatic carbocycles. The smallest absolute Gasteiger partial charge is 0.268 e. The van der Waals surface area contributed by atoms with E-state index >= 15 is 0 Å². The van der Waals surface area contributed by atoms with Gasteiger partial charge in [0.2, 0.25) is 5.91 Å². The number of nitrogens with one attached hydrogen (secondary N) is 1. The van der Waals surface area contributed by atoms with Crippen LogP contribution in [0, 0.1) is 6.92 Å². The van der Waals surface area contributed by atoms with E-state index in [1.54, 1.807) is 42.5 Å². The second kappa shape index (κ2) is 11.0. The Balaban J connectivity index is 1.67. The van der Waals surface area contributed by atoms with Crippen LogP contribution < -0.4 is 19.1 Å². The molecule has 0 saturated heterocycles. The fourth-order valence-corrected chi connectivity index (χ4v) is 6.23. The number of hydrogen-bond donors (Lipinski definition) is 1. The molecule has 0 aliphatic heterocycles. The number of carbonyl (C=O) groups is 1. The van der Waals surface area contributed by atoms with E-state index in [1.807, 2.05) is 32.0 Å². The molecular formula is C28H32N2O5S. The maximum atomic E-state index is 13.9. The highest BCUT2D eigenvalue weighted by molar-refractivity contribution is 7.93. The van der Waals surface area contributed by atoms with Crippen LogP contribution in [0.15, 0.2) is 71.6 Å². The summed E-state index contributed by atoms with van der Waals surface area (Å²) in [4.78, 5) is 13.3. The van der Waals surface area contributed by atoms with E-state index in [-0.39, 0.29) is 29.1 Å². The first-order valence-electron chi connectivity index (χ1n) is 12.1. The number of methoxy groups -OCH3 is 1. The zero-order valence-electron chi connectivity index (χ0n) is 20.9. The van der Waals surface area contributed by atoms with Gasteiger partial charge in [-0.2, -0.15) is 0 Å². The number of rotatable bonds is 9. The van der Waals surface area contributed by atoms with E-state index in [0.29, 0.717) is 18.0 Å². The van der Waals surface area contributed by atoms with Gasteiger partial charge in [0, 0.05) is 0 Å². The fourth-order valence-electron chi connectivity index (χ4n) is 4.57. The lowest BCUT2D eigenvalue weighted by molar-refractivity contribution is -0.120. The predicted molar refractivity (Wildman–Crippen MR) is 140 cm³/mol. The number of nitrogens with zero attached hydrogens (tertiary/aromatic N) is 1. The standard InChI is InChI=1S/C28H32N2O5S/c1-4-35-23-15-13-22(14-16-23)30(36(32,33)27-18-20(2)12-17-26(27)34-3)19-28(31)29-25-11-7-9-21-8-5-6-10-24(21)25/h5-6,8,10,12-18,25H,4,7,9,11,19H2,1-3H3,(H,29,31). The topological polar surface area (TPSA) is 84.9 Å². The highest BCUT2D eigenvalue weighted by Gasteiger charge is 2.31. The van der Waals surface area contributed by atoms with E-state index < -0.39 is 10.0 Å². The van der Waals surface area contributed by atoms with Crippen molar-refractivity contribution in [2.45, 2.75) is 44.0 Å². The van der Waals surface area contributed by atoms with Crippen molar-refractivity contribution in [3.63, 3.8) is 0 Å². The van der Waals surface area contributed by atoms with Crippen LogP contribution >= 0.6 is 0 Å². The summed E-state index contributed by atoms with van der Waals surface area (Å²) in [5.41, 5.74) is 3.44. The SMILES string of the molecule is CCOc1ccc(N(CC(=O)NC2CCCc3ccccc32)S(=O)(=O)c2cc(C)ccc2OC)cc1. The Bertz CT molecular complexity index is 1320. The Morgan fingerprint density at radius 1 is 1.08 bits per heavy atom. The van der Waals surface area contributed by atoms with Crippen LogP contribution in [0.5, 0.6) is 11.5 Å². The number of sulfonamides is 1. The molecule has 36 heavy (non-hydrogen) atoms. The normalized spacial score (nSPS) is 15.0. The molecule has 0 aromatic heterocycles. The van der Waals surface area contributed by atoms with Crippen LogP contribution in [0.1, 0.15) is 42.5 Å². The van der Waals surface area contributed by atoms with Crippen molar-refractivity contribution in [3.8, 4) is 11.5 Å². The quantitative estimate of drug-likeness (QED) is 0.449. The summed E-state index contributed by atoms with van der Waals surface area (Å²) in [7, 11) is -2.71. The van der Waals surface area contributed by atoms with E-state index in [2.05, 4.69) is 11.4 Å². The van der Waals surface area contributed by atoms with Crippen molar-refractivity contribution in [1.29, 1.82) is 0 Å². The van der Waals surface area contributed by atoms with Crippen LogP contribution in [0.4, 0.5) is 5.69 Å². The number of amides is 1. The Morgan fingerprint density at radius 2 is 1.83 bits per heavy atom. The van der Waals surface area contributed by atoms with Gasteiger partial charge in [0.1, 0.15) is 22.9 Å². The average Bonchev–Trinajstić information content (AvgIpc) is 2.88. The van der Waals surface area contributed by atoms with Crippen molar-refractivity contribution >= 4 is 21.6 Å². The van der Waals surface area contributed by atoms with Crippen LogP contribution in [-0.2, 0) is 21.2 Å². The molecule has 1 amide bonds. The number of anilines is 1. The molecule has 0 saturated carbocycles. The molecular weight excluding hydrogens is 476 g/mol. The van der Waals surface area contributed by atoms with Crippen molar-refractivity contribution in [2.75, 3.05) is 24.6 Å². The third kappa shape index (κ3) is 5.49. The molecule has 0 fully saturated rings. The number of aryl methyl sites for hydroxylation is 2. The largest absolute Gasteiger partial charge is 0.495 e. The second-order valence-electron chi connectivity index (χ2n) is 8.80. The Hall–Kier alpha value is -3.52. The molecule has 190 valence electrons. The minimum absolute atomic E-state index is 0.00898. The molecule has 0 bridgehead atoms. The molecule has 0 radical (unpaired) electrons. The van der Waals surface area contributed by atoms with Gasteiger partial charge in [0.05, 0.1) is 25.4 Å². The third-order valence-electron chi connectivity index (χ3n) is 6.31. The zero-order chi connectivity index (χ0) is 25.7. The lowest BCUT2D eigenvalue weighted by atomic mass is 9.88. The maximum Gasteiger partial charge on any atom is 0.268 e. The molecule has 3 aromatic rings. The minimum Gasteiger partial charge on any atom is -0.495 e. The molecule has 1 aliphatic rings. The zero-order valence-corrected chi connectivity index (χ0v) is 21.7.